The molecule has 1 aromatic carbocycles. The Morgan fingerprint density at radius 3 is 2.57 bits per heavy atom. The van der Waals surface area contributed by atoms with E-state index in [1.54, 1.807) is 12.1 Å². The number of nitrogens with one attached hydrogen (secondary N) is 1. The molecule has 0 bridgehead atoms. The van der Waals surface area contributed by atoms with Crippen LogP contribution in [-0.2, 0) is 6.54 Å². The van der Waals surface area contributed by atoms with Gasteiger partial charge in [-0.05, 0) is 44.0 Å². The van der Waals surface area contributed by atoms with E-state index in [-0.39, 0.29) is 5.75 Å². The SMILES string of the molecule is CC1CN(C)C(C)CC1NCc1ccc(OC(F)F)cc1. The van der Waals surface area contributed by atoms with Crippen LogP contribution in [0.5, 0.6) is 5.75 Å². The summed E-state index contributed by atoms with van der Waals surface area (Å²) in [7, 11) is 2.17. The molecule has 0 saturated carbocycles. The van der Waals surface area contributed by atoms with Crippen LogP contribution < -0.4 is 10.1 Å². The number of hydrogen-bond acceptors (Lipinski definition) is 3. The number of nitrogens with zero attached hydrogens (tertiary/aromatic N) is 1. The summed E-state index contributed by atoms with van der Waals surface area (Å²) in [6.07, 6.45) is 1.13. The van der Waals surface area contributed by atoms with E-state index in [9.17, 15) is 8.78 Å². The van der Waals surface area contributed by atoms with Crippen LogP contribution in [0.3, 0.4) is 0 Å². The van der Waals surface area contributed by atoms with Gasteiger partial charge in [0.1, 0.15) is 5.75 Å². The first-order chi connectivity index (χ1) is 9.95. The minimum Gasteiger partial charge on any atom is -0.435 e. The topological polar surface area (TPSA) is 24.5 Å². The van der Waals surface area contributed by atoms with E-state index in [2.05, 4.69) is 35.8 Å². The minimum atomic E-state index is -2.77. The molecule has 1 heterocycles. The molecule has 1 saturated heterocycles. The van der Waals surface area contributed by atoms with Gasteiger partial charge in [0.15, 0.2) is 0 Å². The van der Waals surface area contributed by atoms with Gasteiger partial charge in [-0.1, -0.05) is 19.1 Å². The summed E-state index contributed by atoms with van der Waals surface area (Å²) >= 11 is 0. The summed E-state index contributed by atoms with van der Waals surface area (Å²) in [5, 5.41) is 3.58. The first-order valence-corrected chi connectivity index (χ1v) is 7.43. The highest BCUT2D eigenvalue weighted by atomic mass is 19.3. The van der Waals surface area contributed by atoms with Gasteiger partial charge in [-0.3, -0.25) is 0 Å². The number of halogens is 2. The van der Waals surface area contributed by atoms with Gasteiger partial charge < -0.3 is 15.0 Å². The second-order valence-corrected chi connectivity index (χ2v) is 6.01. The predicted octanol–water partition coefficient (Wildman–Crippen LogP) is 3.11. The zero-order valence-corrected chi connectivity index (χ0v) is 12.9. The first-order valence-electron chi connectivity index (χ1n) is 7.43. The Hall–Kier alpha value is -1.20. The van der Waals surface area contributed by atoms with Crippen LogP contribution in [0.2, 0.25) is 0 Å². The molecular formula is C16H24F2N2O. The normalized spacial score (nSPS) is 27.0. The quantitative estimate of drug-likeness (QED) is 0.904. The molecule has 0 aromatic heterocycles. The molecule has 0 spiro atoms. The molecule has 3 unspecified atom stereocenters. The second kappa shape index (κ2) is 7.18. The molecule has 1 aliphatic heterocycles. The first kappa shape index (κ1) is 16.2. The van der Waals surface area contributed by atoms with Crippen molar-refractivity contribution < 1.29 is 13.5 Å². The molecule has 3 nitrogen and oxygen atoms in total. The number of alkyl halides is 2. The van der Waals surface area contributed by atoms with Crippen molar-refractivity contribution >= 4 is 0 Å². The third-order valence-electron chi connectivity index (χ3n) is 4.33. The van der Waals surface area contributed by atoms with Crippen LogP contribution in [0, 0.1) is 5.92 Å². The Bertz CT molecular complexity index is 438. The third kappa shape index (κ3) is 4.64. The fraction of sp³-hybridized carbons (Fsp3) is 0.625. The van der Waals surface area contributed by atoms with Crippen LogP contribution in [0.25, 0.3) is 0 Å². The van der Waals surface area contributed by atoms with Crippen LogP contribution in [0.1, 0.15) is 25.8 Å². The summed E-state index contributed by atoms with van der Waals surface area (Å²) in [4.78, 5) is 2.39. The lowest BCUT2D eigenvalue weighted by Crippen LogP contribution is -2.50. The van der Waals surface area contributed by atoms with Gasteiger partial charge in [0.2, 0.25) is 0 Å². The molecule has 5 heteroatoms. The molecular weight excluding hydrogens is 274 g/mol. The van der Waals surface area contributed by atoms with Crippen LogP contribution in [0.15, 0.2) is 24.3 Å². The molecule has 3 atom stereocenters. The van der Waals surface area contributed by atoms with Crippen LogP contribution in [-0.4, -0.2) is 37.2 Å². The van der Waals surface area contributed by atoms with Crippen molar-refractivity contribution in [2.75, 3.05) is 13.6 Å². The van der Waals surface area contributed by atoms with Gasteiger partial charge >= 0.3 is 6.61 Å². The highest BCUT2D eigenvalue weighted by Gasteiger charge is 2.28. The van der Waals surface area contributed by atoms with Crippen molar-refractivity contribution in [3.8, 4) is 5.75 Å². The number of ether oxygens (including phenoxy) is 1. The molecule has 0 amide bonds. The summed E-state index contributed by atoms with van der Waals surface area (Å²) in [6, 6.07) is 7.91. The largest absolute Gasteiger partial charge is 0.435 e. The van der Waals surface area contributed by atoms with Crippen molar-refractivity contribution in [1.29, 1.82) is 0 Å². The molecule has 0 aliphatic carbocycles. The summed E-state index contributed by atoms with van der Waals surface area (Å²) in [5.74, 6) is 0.808. The molecule has 0 radical (unpaired) electrons. The lowest BCUT2D eigenvalue weighted by Gasteiger charge is -2.40. The highest BCUT2D eigenvalue weighted by Crippen LogP contribution is 2.21. The third-order valence-corrected chi connectivity index (χ3v) is 4.33. The maximum atomic E-state index is 12.1. The van der Waals surface area contributed by atoms with Crippen molar-refractivity contribution in [3.63, 3.8) is 0 Å². The van der Waals surface area contributed by atoms with Gasteiger partial charge in [0.25, 0.3) is 0 Å². The Morgan fingerprint density at radius 1 is 1.29 bits per heavy atom. The molecule has 1 aromatic rings. The van der Waals surface area contributed by atoms with Gasteiger partial charge in [-0.25, -0.2) is 0 Å². The number of benzene rings is 1. The van der Waals surface area contributed by atoms with E-state index < -0.39 is 6.61 Å². The lowest BCUT2D eigenvalue weighted by molar-refractivity contribution is -0.0498. The molecule has 1 aliphatic rings. The monoisotopic (exact) mass is 298 g/mol. The lowest BCUT2D eigenvalue weighted by atomic mass is 9.90. The average molecular weight is 298 g/mol. The van der Waals surface area contributed by atoms with Crippen molar-refractivity contribution in [3.05, 3.63) is 29.8 Å². The summed E-state index contributed by atoms with van der Waals surface area (Å²) < 4.78 is 28.5. The predicted molar refractivity (Wildman–Crippen MR) is 79.6 cm³/mol. The van der Waals surface area contributed by atoms with E-state index in [1.807, 2.05) is 12.1 Å². The Labute approximate surface area is 125 Å². The Kier molecular flexibility index (Phi) is 5.53. The van der Waals surface area contributed by atoms with E-state index in [1.165, 1.54) is 0 Å². The Morgan fingerprint density at radius 2 is 1.95 bits per heavy atom. The zero-order chi connectivity index (χ0) is 15.4. The van der Waals surface area contributed by atoms with E-state index in [0.717, 1.165) is 25.1 Å². The van der Waals surface area contributed by atoms with Crippen molar-refractivity contribution in [1.82, 2.24) is 10.2 Å². The number of rotatable bonds is 5. The second-order valence-electron chi connectivity index (χ2n) is 6.01. The smallest absolute Gasteiger partial charge is 0.387 e. The van der Waals surface area contributed by atoms with Crippen LogP contribution in [0.4, 0.5) is 8.78 Å². The van der Waals surface area contributed by atoms with Gasteiger partial charge in [-0.2, -0.15) is 8.78 Å². The fourth-order valence-electron chi connectivity index (χ4n) is 2.86. The van der Waals surface area contributed by atoms with Gasteiger partial charge in [0, 0.05) is 25.2 Å². The average Bonchev–Trinajstić information content (AvgIpc) is 2.42. The highest BCUT2D eigenvalue weighted by molar-refractivity contribution is 5.27. The van der Waals surface area contributed by atoms with Crippen LogP contribution >= 0.6 is 0 Å². The Balaban J connectivity index is 1.85. The minimum absolute atomic E-state index is 0.204. The molecule has 1 N–H and O–H groups in total. The fourth-order valence-corrected chi connectivity index (χ4v) is 2.86. The zero-order valence-electron chi connectivity index (χ0n) is 12.9. The van der Waals surface area contributed by atoms with E-state index in [0.29, 0.717) is 18.0 Å². The van der Waals surface area contributed by atoms with Crippen molar-refractivity contribution in [2.45, 2.75) is 45.5 Å². The van der Waals surface area contributed by atoms with Crippen molar-refractivity contribution in [2.24, 2.45) is 5.92 Å². The van der Waals surface area contributed by atoms with E-state index in [4.69, 9.17) is 0 Å². The van der Waals surface area contributed by atoms with Gasteiger partial charge in [0.05, 0.1) is 0 Å². The number of hydrogen-bond donors (Lipinski definition) is 1. The number of likely N-dealkylation sites (tertiary alicyclic amines) is 1. The standard InChI is InChI=1S/C16H24F2N2O/c1-11-10-20(3)12(2)8-15(11)19-9-13-4-6-14(7-5-13)21-16(17)18/h4-7,11-12,15-16,19H,8-10H2,1-3H3. The maximum Gasteiger partial charge on any atom is 0.387 e. The van der Waals surface area contributed by atoms with Gasteiger partial charge in [-0.15, -0.1) is 0 Å². The summed E-state index contributed by atoms with van der Waals surface area (Å²) in [6.45, 7) is 3.59. The molecule has 2 rings (SSSR count). The molecule has 21 heavy (non-hydrogen) atoms. The molecule has 1 fully saturated rings. The summed E-state index contributed by atoms with van der Waals surface area (Å²) in [5.41, 5.74) is 1.08. The maximum absolute atomic E-state index is 12.1. The van der Waals surface area contributed by atoms with E-state index >= 15 is 0 Å². The number of piperidine rings is 1. The molecule has 118 valence electrons.